The van der Waals surface area contributed by atoms with Crippen molar-refractivity contribution in [1.29, 1.82) is 0 Å². The number of hydrogen-bond donors (Lipinski definition) is 2. The molecular weight excluding hydrogens is 673 g/mol. The molecule has 0 aliphatic rings. The molecule has 8 nitrogen and oxygen atoms in total. The number of rotatable bonds is 9. The van der Waals surface area contributed by atoms with Gasteiger partial charge in [0, 0.05) is 14.3 Å². The number of nitrogens with zero attached hydrogens (tertiary/aromatic N) is 1. The van der Waals surface area contributed by atoms with Crippen molar-refractivity contribution in [2.45, 2.75) is 16.7 Å². The molecule has 0 aliphatic heterocycles. The van der Waals surface area contributed by atoms with Gasteiger partial charge in [-0.2, -0.15) is 0 Å². The molecule has 0 unspecified atom stereocenters. The minimum atomic E-state index is -4.04. The highest BCUT2D eigenvalue weighted by atomic mass is 127. The molecule has 0 aromatic heterocycles. The fourth-order valence-corrected chi connectivity index (χ4v) is 6.71. The molecule has 4 aromatic carbocycles. The fraction of sp³-hybridized carbons (Fsp3) is 0.0741. The first kappa shape index (κ1) is 28.9. The standard InChI is InChI=1S/C27H23ClIN3O5S2/c1-19-25(28)8-5-9-26(19)31-38(34,35)23-16-12-21(13-17-23)30-27(33)18-32(22-14-10-20(29)11-15-22)39(36,37)24-6-3-2-4-7-24/h2-17,31H,18H2,1H3,(H,30,33). The van der Waals surface area contributed by atoms with E-state index in [1.54, 1.807) is 67.6 Å². The van der Waals surface area contributed by atoms with Crippen LogP contribution in [0.1, 0.15) is 5.56 Å². The van der Waals surface area contributed by atoms with E-state index in [9.17, 15) is 21.6 Å². The van der Waals surface area contributed by atoms with Crippen LogP contribution in [0, 0.1) is 10.5 Å². The highest BCUT2D eigenvalue weighted by Gasteiger charge is 2.27. The summed E-state index contributed by atoms with van der Waals surface area (Å²) in [7, 11) is -7.96. The molecule has 0 saturated carbocycles. The Labute approximate surface area is 246 Å². The van der Waals surface area contributed by atoms with Gasteiger partial charge in [-0.3, -0.25) is 13.8 Å². The first-order valence-corrected chi connectivity index (χ1v) is 15.9. The van der Waals surface area contributed by atoms with Crippen LogP contribution in [0.2, 0.25) is 5.02 Å². The van der Waals surface area contributed by atoms with E-state index in [1.807, 2.05) is 0 Å². The van der Waals surface area contributed by atoms with Crippen LogP contribution in [-0.2, 0) is 24.8 Å². The number of benzene rings is 4. The number of anilines is 3. The Morgan fingerprint density at radius 3 is 2.10 bits per heavy atom. The van der Waals surface area contributed by atoms with Gasteiger partial charge in [-0.1, -0.05) is 35.9 Å². The zero-order valence-electron chi connectivity index (χ0n) is 20.5. The lowest BCUT2D eigenvalue weighted by atomic mass is 10.2. The van der Waals surface area contributed by atoms with Crippen LogP contribution in [0.15, 0.2) is 107 Å². The van der Waals surface area contributed by atoms with Crippen molar-refractivity contribution < 1.29 is 21.6 Å². The van der Waals surface area contributed by atoms with E-state index in [-0.39, 0.29) is 9.79 Å². The van der Waals surface area contributed by atoms with Crippen LogP contribution >= 0.6 is 34.2 Å². The third-order valence-electron chi connectivity index (χ3n) is 5.69. The number of hydrogen-bond acceptors (Lipinski definition) is 5. The van der Waals surface area contributed by atoms with Gasteiger partial charge in [0.1, 0.15) is 6.54 Å². The summed E-state index contributed by atoms with van der Waals surface area (Å²) < 4.78 is 57.0. The Morgan fingerprint density at radius 2 is 1.46 bits per heavy atom. The van der Waals surface area contributed by atoms with E-state index >= 15 is 0 Å². The first-order valence-electron chi connectivity index (χ1n) is 11.5. The Balaban J connectivity index is 1.52. The molecule has 0 heterocycles. The number of carbonyl (C=O) groups is 1. The van der Waals surface area contributed by atoms with Crippen LogP contribution in [0.5, 0.6) is 0 Å². The monoisotopic (exact) mass is 695 g/mol. The van der Waals surface area contributed by atoms with Gasteiger partial charge in [-0.05, 0) is 108 Å². The predicted octanol–water partition coefficient (Wildman–Crippen LogP) is 5.89. The van der Waals surface area contributed by atoms with Gasteiger partial charge in [-0.25, -0.2) is 16.8 Å². The van der Waals surface area contributed by atoms with E-state index in [1.165, 1.54) is 36.4 Å². The molecule has 39 heavy (non-hydrogen) atoms. The van der Waals surface area contributed by atoms with E-state index in [0.29, 0.717) is 27.6 Å². The second kappa shape index (κ2) is 11.9. The number of carbonyl (C=O) groups excluding carboxylic acids is 1. The van der Waals surface area contributed by atoms with Gasteiger partial charge in [0.2, 0.25) is 5.91 Å². The Bertz CT molecular complexity index is 1700. The normalized spacial score (nSPS) is 11.6. The SMILES string of the molecule is Cc1c(Cl)cccc1NS(=O)(=O)c1ccc(NC(=O)CN(c2ccc(I)cc2)S(=O)(=O)c2ccccc2)cc1. The molecule has 0 spiro atoms. The zero-order chi connectivity index (χ0) is 28.2. The maximum atomic E-state index is 13.4. The molecule has 0 radical (unpaired) electrons. The van der Waals surface area contributed by atoms with Crippen LogP contribution in [0.3, 0.4) is 0 Å². The molecule has 4 rings (SSSR count). The van der Waals surface area contributed by atoms with E-state index < -0.39 is 32.5 Å². The van der Waals surface area contributed by atoms with Crippen LogP contribution in [-0.4, -0.2) is 29.3 Å². The molecule has 2 N–H and O–H groups in total. The Morgan fingerprint density at radius 1 is 0.821 bits per heavy atom. The highest BCUT2D eigenvalue weighted by Crippen LogP contribution is 2.27. The Hall–Kier alpha value is -3.13. The number of halogens is 2. The van der Waals surface area contributed by atoms with Crippen molar-refractivity contribution in [1.82, 2.24) is 0 Å². The topological polar surface area (TPSA) is 113 Å². The van der Waals surface area contributed by atoms with Gasteiger partial charge in [0.05, 0.1) is 21.2 Å². The smallest absolute Gasteiger partial charge is 0.264 e. The van der Waals surface area contributed by atoms with Gasteiger partial charge in [0.25, 0.3) is 20.0 Å². The van der Waals surface area contributed by atoms with Crippen LogP contribution < -0.4 is 14.3 Å². The van der Waals surface area contributed by atoms with Crippen molar-refractivity contribution in [3.05, 3.63) is 111 Å². The van der Waals surface area contributed by atoms with Gasteiger partial charge >= 0.3 is 0 Å². The molecule has 12 heteroatoms. The molecule has 1 amide bonds. The summed E-state index contributed by atoms with van der Waals surface area (Å²) in [6.45, 7) is 1.21. The predicted molar refractivity (Wildman–Crippen MR) is 162 cm³/mol. The molecular formula is C27H23ClIN3O5S2. The summed E-state index contributed by atoms with van der Waals surface area (Å²) in [5, 5.41) is 3.08. The third kappa shape index (κ3) is 6.90. The first-order chi connectivity index (χ1) is 18.5. The van der Waals surface area contributed by atoms with Gasteiger partial charge in [0.15, 0.2) is 0 Å². The molecule has 0 saturated heterocycles. The molecule has 0 bridgehead atoms. The van der Waals surface area contributed by atoms with Crippen LogP contribution in [0.4, 0.5) is 17.1 Å². The van der Waals surface area contributed by atoms with Crippen molar-refractivity contribution in [2.75, 3.05) is 20.9 Å². The number of amides is 1. The summed E-state index contributed by atoms with van der Waals surface area (Å²) >= 11 is 8.20. The third-order valence-corrected chi connectivity index (χ3v) is 9.99. The lowest BCUT2D eigenvalue weighted by Crippen LogP contribution is -2.38. The molecule has 0 aliphatic carbocycles. The van der Waals surface area contributed by atoms with Crippen molar-refractivity contribution >= 4 is 77.2 Å². The minimum absolute atomic E-state index is 0.0213. The maximum absolute atomic E-state index is 13.4. The van der Waals surface area contributed by atoms with Gasteiger partial charge in [-0.15, -0.1) is 0 Å². The average molecular weight is 696 g/mol. The summed E-state index contributed by atoms with van der Waals surface area (Å²) in [5.41, 5.74) is 1.58. The lowest BCUT2D eigenvalue weighted by Gasteiger charge is -2.24. The molecule has 4 aromatic rings. The lowest BCUT2D eigenvalue weighted by molar-refractivity contribution is -0.114. The molecule has 202 valence electrons. The fourth-order valence-electron chi connectivity index (χ4n) is 3.61. The molecule has 0 fully saturated rings. The minimum Gasteiger partial charge on any atom is -0.325 e. The second-order valence-electron chi connectivity index (χ2n) is 8.39. The van der Waals surface area contributed by atoms with Crippen LogP contribution in [0.25, 0.3) is 0 Å². The highest BCUT2D eigenvalue weighted by molar-refractivity contribution is 14.1. The van der Waals surface area contributed by atoms with Crippen molar-refractivity contribution in [3.8, 4) is 0 Å². The molecule has 0 atom stereocenters. The zero-order valence-corrected chi connectivity index (χ0v) is 25.1. The quantitative estimate of drug-likeness (QED) is 0.212. The Kier molecular flexibility index (Phi) is 8.84. The largest absolute Gasteiger partial charge is 0.325 e. The van der Waals surface area contributed by atoms with E-state index in [0.717, 1.165) is 7.88 Å². The number of sulfonamides is 2. The summed E-state index contributed by atoms with van der Waals surface area (Å²) in [4.78, 5) is 13.0. The summed E-state index contributed by atoms with van der Waals surface area (Å²) in [6, 6.07) is 25.1. The second-order valence-corrected chi connectivity index (χ2v) is 13.6. The summed E-state index contributed by atoms with van der Waals surface area (Å²) in [6.07, 6.45) is 0. The van der Waals surface area contributed by atoms with Gasteiger partial charge < -0.3 is 5.32 Å². The average Bonchev–Trinajstić information content (AvgIpc) is 2.91. The van der Waals surface area contributed by atoms with Crippen molar-refractivity contribution in [2.24, 2.45) is 0 Å². The number of nitrogens with one attached hydrogen (secondary N) is 2. The van der Waals surface area contributed by atoms with Crippen molar-refractivity contribution in [3.63, 3.8) is 0 Å². The summed E-state index contributed by atoms with van der Waals surface area (Å²) in [5.74, 6) is -0.601. The maximum Gasteiger partial charge on any atom is 0.264 e. The van der Waals surface area contributed by atoms with E-state index in [4.69, 9.17) is 11.6 Å². The van der Waals surface area contributed by atoms with E-state index in [2.05, 4.69) is 32.6 Å².